The van der Waals surface area contributed by atoms with E-state index in [1.165, 1.54) is 34.8 Å². The summed E-state index contributed by atoms with van der Waals surface area (Å²) < 4.78 is 3.33. The fourth-order valence-corrected chi connectivity index (χ4v) is 12.4. The van der Waals surface area contributed by atoms with Crippen molar-refractivity contribution in [3.8, 4) is 33.9 Å². The highest BCUT2D eigenvalue weighted by Crippen LogP contribution is 2.39. The Kier molecular flexibility index (Phi) is 14.9. The third-order valence-electron chi connectivity index (χ3n) is 14.9. The van der Waals surface area contributed by atoms with Gasteiger partial charge in [-0.3, -0.25) is 39.0 Å². The van der Waals surface area contributed by atoms with E-state index in [2.05, 4.69) is 39.2 Å². The second-order valence-electron chi connectivity index (χ2n) is 19.7. The molecule has 2 amide bonds. The molecule has 11 rings (SSSR count). The molecule has 0 saturated carbocycles. The largest absolute Gasteiger partial charge is 0.355 e. The third kappa shape index (κ3) is 10.3. The van der Waals surface area contributed by atoms with Crippen LogP contribution in [0.3, 0.4) is 0 Å². The summed E-state index contributed by atoms with van der Waals surface area (Å²) in [7, 11) is 0. The zero-order valence-corrected chi connectivity index (χ0v) is 46.7. The zero-order chi connectivity index (χ0) is 57.3. The standard InChI is InChI=1S/C64H52N10O6S2/c1-7-43-37(3)47-31-48-39(5)45(27-29-61(75)69-63-71(55-23-15-17-25-57(55)73(77)78)59(35-81-63)41-19-11-9-12-20-41)53(67-48)34-54-46(40(6)50(68-54)33-52-44(8-2)38(4)49(66-52)32-51(43)65-47)28-30-62(76)70-64-72(56-24-16-18-26-58(56)74(79)80)60(36-82-64)42-21-13-10-14-22-42/h7-26,31-36,65-66H,1-2,27-30H2,3-6H3. The topological polar surface area (TPSA) is 212 Å². The van der Waals surface area contributed by atoms with Gasteiger partial charge < -0.3 is 9.97 Å². The normalized spacial score (nSPS) is 12.8. The molecule has 4 aromatic carbocycles. The molecule has 0 aliphatic carbocycles. The summed E-state index contributed by atoms with van der Waals surface area (Å²) in [4.78, 5) is 80.0. The second-order valence-corrected chi connectivity index (χ2v) is 21.3. The second kappa shape index (κ2) is 22.6. The molecule has 2 aliphatic heterocycles. The Hall–Kier alpha value is -10.0. The predicted octanol–water partition coefficient (Wildman–Crippen LogP) is 14.7. The van der Waals surface area contributed by atoms with Gasteiger partial charge in [0.05, 0.1) is 44.0 Å². The van der Waals surface area contributed by atoms with Gasteiger partial charge in [0.2, 0.25) is 11.8 Å². The van der Waals surface area contributed by atoms with Gasteiger partial charge >= 0.3 is 0 Å². The van der Waals surface area contributed by atoms with E-state index < -0.39 is 21.7 Å². The van der Waals surface area contributed by atoms with Crippen molar-refractivity contribution in [2.45, 2.75) is 53.4 Å². The number of carbonyl (C=O) groups is 2. The lowest BCUT2D eigenvalue weighted by atomic mass is 9.98. The van der Waals surface area contributed by atoms with Crippen LogP contribution in [-0.2, 0) is 9.59 Å². The lowest BCUT2D eigenvalue weighted by Gasteiger charge is -2.10. The number of nitrogens with zero attached hydrogens (tertiary/aromatic N) is 8. The van der Waals surface area contributed by atoms with E-state index in [0.29, 0.717) is 34.2 Å². The first-order chi connectivity index (χ1) is 39.7. The molecule has 0 radical (unpaired) electrons. The first kappa shape index (κ1) is 53.9. The van der Waals surface area contributed by atoms with Gasteiger partial charge in [0.1, 0.15) is 11.4 Å². The third-order valence-corrected chi connectivity index (χ3v) is 16.5. The Morgan fingerprint density at radius 3 is 1.37 bits per heavy atom. The lowest BCUT2D eigenvalue weighted by molar-refractivity contribution is -0.384. The summed E-state index contributed by atoms with van der Waals surface area (Å²) in [6, 6.07) is 39.6. The van der Waals surface area contributed by atoms with Crippen LogP contribution in [0, 0.1) is 34.1 Å². The van der Waals surface area contributed by atoms with Gasteiger partial charge in [0, 0.05) is 68.9 Å². The van der Waals surface area contributed by atoms with E-state index >= 15 is 0 Å². The minimum absolute atomic E-state index is 0.0294. The van der Waals surface area contributed by atoms with Crippen molar-refractivity contribution in [3.05, 3.63) is 232 Å². The summed E-state index contributed by atoms with van der Waals surface area (Å²) in [6.45, 7) is 16.3. The van der Waals surface area contributed by atoms with Crippen LogP contribution >= 0.6 is 22.7 Å². The van der Waals surface area contributed by atoms with E-state index in [-0.39, 0.29) is 58.0 Å². The molecular formula is C64H52N10O6S2. The number of H-pyrrole nitrogens is 2. The van der Waals surface area contributed by atoms with E-state index in [4.69, 9.17) is 9.97 Å². The van der Waals surface area contributed by atoms with Gasteiger partial charge in [-0.2, -0.15) is 9.98 Å². The van der Waals surface area contributed by atoms with Gasteiger partial charge in [-0.15, -0.1) is 22.7 Å². The van der Waals surface area contributed by atoms with E-state index in [1.54, 1.807) is 45.5 Å². The number of fused-ring (bicyclic) bond motifs is 8. The van der Waals surface area contributed by atoms with Gasteiger partial charge in [0.25, 0.3) is 11.4 Å². The van der Waals surface area contributed by atoms with Crippen molar-refractivity contribution >= 4 is 102 Å². The SMILES string of the molecule is C=Cc1c(C)c2cc3[nH]c(cc4nc(cc5nc(cc1[nH]2)C(C)=C5CCC(=O)N=c1scc(-c2ccccc2)n1-c1ccccc1[N+](=O)[O-])C(CCC(=O)N=c1scc(-c2ccccc2)n1-c1ccccc1[N+](=O)[O-])=C4C)c(C)c3C=C. The van der Waals surface area contributed by atoms with Crippen LogP contribution in [-0.4, -0.2) is 50.7 Å². The number of aryl methyl sites for hydroxylation is 2. The van der Waals surface area contributed by atoms with Crippen LogP contribution in [0.2, 0.25) is 0 Å². The molecule has 5 aromatic heterocycles. The fourth-order valence-electron chi connectivity index (χ4n) is 10.6. The summed E-state index contributed by atoms with van der Waals surface area (Å²) in [5, 5.41) is 28.4. The highest BCUT2D eigenvalue weighted by atomic mass is 32.1. The number of thiazole rings is 2. The molecule has 16 nitrogen and oxygen atoms in total. The number of aromatic amines is 2. The maximum Gasteiger partial charge on any atom is 0.293 e. The molecule has 2 aliphatic rings. The Morgan fingerprint density at radius 1 is 0.549 bits per heavy atom. The molecular weight excluding hydrogens is 1070 g/mol. The molecule has 0 unspecified atom stereocenters. The zero-order valence-electron chi connectivity index (χ0n) is 45.1. The van der Waals surface area contributed by atoms with E-state index in [0.717, 1.165) is 77.7 Å². The lowest BCUT2D eigenvalue weighted by Crippen LogP contribution is -2.17. The highest BCUT2D eigenvalue weighted by molar-refractivity contribution is 7.07. The number of nitrogens with one attached hydrogen (secondary N) is 2. The summed E-state index contributed by atoms with van der Waals surface area (Å²) >= 11 is 2.44. The van der Waals surface area contributed by atoms with Gasteiger partial charge in [-0.1, -0.05) is 110 Å². The predicted molar refractivity (Wildman–Crippen MR) is 327 cm³/mol. The van der Waals surface area contributed by atoms with Crippen LogP contribution in [0.4, 0.5) is 11.4 Å². The number of allylic oxidation sites excluding steroid dienone is 4. The van der Waals surface area contributed by atoms with Crippen LogP contribution in [0.15, 0.2) is 167 Å². The van der Waals surface area contributed by atoms with Crippen molar-refractivity contribution in [1.82, 2.24) is 29.1 Å². The average Bonchev–Trinajstić information content (AvgIpc) is 4.22. The summed E-state index contributed by atoms with van der Waals surface area (Å²) in [5.74, 6) is -0.879. The molecule has 82 heavy (non-hydrogen) atoms. The number of rotatable bonds is 14. The first-order valence-electron chi connectivity index (χ1n) is 26.3. The Balaban J connectivity index is 1.02. The minimum atomic E-state index is -0.444. The Morgan fingerprint density at radius 2 is 0.939 bits per heavy atom. The van der Waals surface area contributed by atoms with Crippen LogP contribution in [0.5, 0.6) is 0 Å². The van der Waals surface area contributed by atoms with Crippen molar-refractivity contribution in [2.75, 3.05) is 0 Å². The molecule has 8 bridgehead atoms. The number of nitro benzene ring substituents is 2. The number of aromatic nitrogens is 6. The molecule has 406 valence electrons. The molecule has 7 heterocycles. The molecule has 2 N–H and O–H groups in total. The van der Waals surface area contributed by atoms with Crippen molar-refractivity contribution in [3.63, 3.8) is 0 Å². The Bertz CT molecular complexity index is 4550. The van der Waals surface area contributed by atoms with Crippen LogP contribution in [0.25, 0.3) is 90.4 Å². The molecule has 0 saturated heterocycles. The van der Waals surface area contributed by atoms with Crippen molar-refractivity contribution in [2.24, 2.45) is 9.98 Å². The van der Waals surface area contributed by atoms with Gasteiger partial charge in [0.15, 0.2) is 9.60 Å². The smallest absolute Gasteiger partial charge is 0.293 e. The first-order valence-corrected chi connectivity index (χ1v) is 28.0. The molecule has 18 heteroatoms. The fraction of sp³-hybridized carbons (Fsp3) is 0.125. The summed E-state index contributed by atoms with van der Waals surface area (Å²) in [5.41, 5.74) is 16.0. The van der Waals surface area contributed by atoms with Crippen molar-refractivity contribution < 1.29 is 19.4 Å². The van der Waals surface area contributed by atoms with Gasteiger partial charge in [-0.25, -0.2) is 9.97 Å². The number of para-hydroxylation sites is 4. The minimum Gasteiger partial charge on any atom is -0.355 e. The monoisotopic (exact) mass is 1120 g/mol. The average molecular weight is 1120 g/mol. The summed E-state index contributed by atoms with van der Waals surface area (Å²) in [6.07, 6.45) is 4.04. The molecule has 0 spiro atoms. The maximum absolute atomic E-state index is 14.3. The van der Waals surface area contributed by atoms with Crippen molar-refractivity contribution in [1.29, 1.82) is 0 Å². The number of hydrogen-bond donors (Lipinski definition) is 2. The number of carbonyl (C=O) groups excluding carboxylic acids is 2. The number of amides is 2. The molecule has 0 atom stereocenters. The number of benzene rings is 4. The highest BCUT2D eigenvalue weighted by Gasteiger charge is 2.26. The van der Waals surface area contributed by atoms with E-state index in [1.807, 2.05) is 129 Å². The van der Waals surface area contributed by atoms with Gasteiger partial charge in [-0.05, 0) is 121 Å². The van der Waals surface area contributed by atoms with E-state index in [9.17, 15) is 29.8 Å². The number of hydrogen-bond acceptors (Lipinski definition) is 10. The number of nitro groups is 2. The van der Waals surface area contributed by atoms with Crippen LogP contribution < -0.4 is 9.60 Å². The quantitative estimate of drug-likeness (QED) is 0.0787. The Labute approximate surface area is 477 Å². The maximum atomic E-state index is 14.3. The molecule has 0 fully saturated rings. The molecule has 9 aromatic rings. The van der Waals surface area contributed by atoms with Crippen LogP contribution in [0.1, 0.15) is 84.6 Å².